The second-order valence-electron chi connectivity index (χ2n) is 7.87. The molecule has 38 heavy (non-hydrogen) atoms. The molecule has 190 valence electrons. The van der Waals surface area contributed by atoms with Crippen LogP contribution in [0.2, 0.25) is 0 Å². The predicted molar refractivity (Wildman–Crippen MR) is 148 cm³/mol. The smallest absolute Gasteiger partial charge is 0.343 e. The number of anilines is 1. The molecule has 9 heteroatoms. The van der Waals surface area contributed by atoms with E-state index in [-0.39, 0.29) is 17.2 Å². The first kappa shape index (κ1) is 26.3. The average molecular weight is 572 g/mol. The van der Waals surface area contributed by atoms with E-state index in [2.05, 4.69) is 31.8 Å². The van der Waals surface area contributed by atoms with Crippen molar-refractivity contribution in [1.29, 1.82) is 0 Å². The van der Waals surface area contributed by atoms with Crippen molar-refractivity contribution in [3.63, 3.8) is 0 Å². The number of halogens is 1. The highest BCUT2D eigenvalue weighted by atomic mass is 79.9. The zero-order chi connectivity index (χ0) is 26.9. The van der Waals surface area contributed by atoms with Gasteiger partial charge in [-0.25, -0.2) is 10.2 Å². The third-order valence-electron chi connectivity index (χ3n) is 5.33. The van der Waals surface area contributed by atoms with Gasteiger partial charge in [0.2, 0.25) is 0 Å². The standard InChI is InChI=1S/C29H22BrN3O5/c1-37-23-14-11-19(12-15-23)27(34)32-25-10-6-5-9-24(25)28(35)33-31-18-21-17-22(30)13-16-26(21)38-29(36)20-7-3-2-4-8-20/h2-18H,1H3,(H,32,34)(H,33,35)/b31-18-. The van der Waals surface area contributed by atoms with Gasteiger partial charge in [-0.05, 0) is 66.7 Å². The number of ether oxygens (including phenoxy) is 2. The lowest BCUT2D eigenvalue weighted by atomic mass is 10.1. The number of nitrogens with one attached hydrogen (secondary N) is 2. The largest absolute Gasteiger partial charge is 0.497 e. The minimum atomic E-state index is -0.537. The quantitative estimate of drug-likeness (QED) is 0.122. The molecule has 0 unspecified atom stereocenters. The van der Waals surface area contributed by atoms with Gasteiger partial charge in [0.25, 0.3) is 11.8 Å². The summed E-state index contributed by atoms with van der Waals surface area (Å²) in [6.07, 6.45) is 1.37. The minimum Gasteiger partial charge on any atom is -0.497 e. The Hall–Kier alpha value is -4.76. The fraction of sp³-hybridized carbons (Fsp3) is 0.0345. The third kappa shape index (κ3) is 6.71. The molecule has 0 radical (unpaired) electrons. The number of amides is 2. The summed E-state index contributed by atoms with van der Waals surface area (Å²) >= 11 is 3.39. The first-order valence-corrected chi connectivity index (χ1v) is 12.2. The molecule has 0 aliphatic carbocycles. The van der Waals surface area contributed by atoms with E-state index in [0.717, 1.165) is 4.47 Å². The minimum absolute atomic E-state index is 0.219. The summed E-state index contributed by atoms with van der Waals surface area (Å²) in [5.41, 5.74) is 4.27. The molecular formula is C29H22BrN3O5. The summed E-state index contributed by atoms with van der Waals surface area (Å²) in [5.74, 6) is -0.539. The first-order valence-electron chi connectivity index (χ1n) is 11.4. The number of methoxy groups -OCH3 is 1. The van der Waals surface area contributed by atoms with E-state index < -0.39 is 11.9 Å². The molecule has 0 heterocycles. The Bertz CT molecular complexity index is 1490. The molecule has 0 aliphatic heterocycles. The average Bonchev–Trinajstić information content (AvgIpc) is 2.95. The summed E-state index contributed by atoms with van der Waals surface area (Å²) in [5, 5.41) is 6.78. The summed E-state index contributed by atoms with van der Waals surface area (Å²) in [6, 6.07) is 26.8. The Morgan fingerprint density at radius 1 is 0.816 bits per heavy atom. The van der Waals surface area contributed by atoms with Crippen LogP contribution in [0, 0.1) is 0 Å². The van der Waals surface area contributed by atoms with Crippen LogP contribution in [0.15, 0.2) is 107 Å². The molecule has 0 spiro atoms. The van der Waals surface area contributed by atoms with Crippen molar-refractivity contribution in [3.8, 4) is 11.5 Å². The lowest BCUT2D eigenvalue weighted by Gasteiger charge is -2.11. The van der Waals surface area contributed by atoms with Crippen LogP contribution in [-0.2, 0) is 0 Å². The molecule has 0 aliphatic rings. The zero-order valence-corrected chi connectivity index (χ0v) is 21.8. The van der Waals surface area contributed by atoms with Crippen LogP contribution in [0.3, 0.4) is 0 Å². The molecular weight excluding hydrogens is 550 g/mol. The molecule has 0 atom stereocenters. The second-order valence-corrected chi connectivity index (χ2v) is 8.78. The third-order valence-corrected chi connectivity index (χ3v) is 5.82. The monoisotopic (exact) mass is 571 g/mol. The molecule has 0 bridgehead atoms. The van der Waals surface area contributed by atoms with Crippen molar-refractivity contribution in [3.05, 3.63) is 124 Å². The predicted octanol–water partition coefficient (Wildman–Crippen LogP) is 5.69. The van der Waals surface area contributed by atoms with Crippen molar-refractivity contribution in [2.45, 2.75) is 0 Å². The highest BCUT2D eigenvalue weighted by Crippen LogP contribution is 2.23. The Balaban J connectivity index is 1.46. The summed E-state index contributed by atoms with van der Waals surface area (Å²) in [6.45, 7) is 0. The second kappa shape index (κ2) is 12.5. The molecule has 2 amide bonds. The molecule has 2 N–H and O–H groups in total. The lowest BCUT2D eigenvalue weighted by Crippen LogP contribution is -2.21. The van der Waals surface area contributed by atoms with Crippen LogP contribution in [0.25, 0.3) is 0 Å². The van der Waals surface area contributed by atoms with E-state index in [1.165, 1.54) is 6.21 Å². The summed E-state index contributed by atoms with van der Waals surface area (Å²) < 4.78 is 11.4. The van der Waals surface area contributed by atoms with Gasteiger partial charge in [0.1, 0.15) is 11.5 Å². The fourth-order valence-corrected chi connectivity index (χ4v) is 3.77. The Morgan fingerprint density at radius 3 is 2.26 bits per heavy atom. The van der Waals surface area contributed by atoms with Gasteiger partial charge in [-0.2, -0.15) is 5.10 Å². The van der Waals surface area contributed by atoms with Gasteiger partial charge >= 0.3 is 5.97 Å². The molecule has 0 saturated carbocycles. The van der Waals surface area contributed by atoms with Crippen molar-refractivity contribution >= 4 is 45.6 Å². The van der Waals surface area contributed by atoms with Crippen LogP contribution in [0.4, 0.5) is 5.69 Å². The maximum Gasteiger partial charge on any atom is 0.343 e. The number of nitrogens with zero attached hydrogens (tertiary/aromatic N) is 1. The van der Waals surface area contributed by atoms with E-state index in [9.17, 15) is 14.4 Å². The van der Waals surface area contributed by atoms with Crippen LogP contribution in [0.1, 0.15) is 36.6 Å². The van der Waals surface area contributed by atoms with Gasteiger partial charge in [0, 0.05) is 15.6 Å². The Morgan fingerprint density at radius 2 is 1.53 bits per heavy atom. The molecule has 4 aromatic rings. The lowest BCUT2D eigenvalue weighted by molar-refractivity contribution is 0.0733. The van der Waals surface area contributed by atoms with E-state index in [1.54, 1.807) is 104 Å². The topological polar surface area (TPSA) is 106 Å². The Kier molecular flexibility index (Phi) is 8.63. The number of hydrogen-bond acceptors (Lipinski definition) is 6. The molecule has 0 saturated heterocycles. The normalized spacial score (nSPS) is 10.6. The molecule has 8 nitrogen and oxygen atoms in total. The van der Waals surface area contributed by atoms with Gasteiger partial charge in [-0.1, -0.05) is 46.3 Å². The zero-order valence-electron chi connectivity index (χ0n) is 20.2. The number of hydrazone groups is 1. The van der Waals surface area contributed by atoms with E-state index in [0.29, 0.717) is 28.1 Å². The van der Waals surface area contributed by atoms with Crippen molar-refractivity contribution in [2.75, 3.05) is 12.4 Å². The maximum atomic E-state index is 12.9. The van der Waals surface area contributed by atoms with Gasteiger partial charge in [0.15, 0.2) is 0 Å². The van der Waals surface area contributed by atoms with E-state index >= 15 is 0 Å². The van der Waals surface area contributed by atoms with Crippen molar-refractivity contribution in [1.82, 2.24) is 5.43 Å². The SMILES string of the molecule is COc1ccc(C(=O)Nc2ccccc2C(=O)N/N=C\c2cc(Br)ccc2OC(=O)c2ccccc2)cc1. The van der Waals surface area contributed by atoms with Gasteiger partial charge in [-0.15, -0.1) is 0 Å². The number of carbonyl (C=O) groups is 3. The summed E-state index contributed by atoms with van der Waals surface area (Å²) in [7, 11) is 1.54. The molecule has 0 fully saturated rings. The van der Waals surface area contributed by atoms with Gasteiger partial charge in [-0.3, -0.25) is 9.59 Å². The van der Waals surface area contributed by atoms with Crippen LogP contribution in [0.5, 0.6) is 11.5 Å². The number of benzene rings is 4. The van der Waals surface area contributed by atoms with Crippen molar-refractivity contribution in [2.24, 2.45) is 5.10 Å². The Labute approximate surface area is 227 Å². The van der Waals surface area contributed by atoms with Crippen molar-refractivity contribution < 1.29 is 23.9 Å². The summed E-state index contributed by atoms with van der Waals surface area (Å²) in [4.78, 5) is 38.1. The maximum absolute atomic E-state index is 12.9. The van der Waals surface area contributed by atoms with Crippen LogP contribution in [-0.4, -0.2) is 31.1 Å². The van der Waals surface area contributed by atoms with Gasteiger partial charge < -0.3 is 14.8 Å². The number of rotatable bonds is 8. The number of para-hydroxylation sites is 1. The number of esters is 1. The van der Waals surface area contributed by atoms with E-state index in [1.807, 2.05) is 0 Å². The van der Waals surface area contributed by atoms with Gasteiger partial charge in [0.05, 0.1) is 30.1 Å². The van der Waals surface area contributed by atoms with E-state index in [4.69, 9.17) is 9.47 Å². The first-order chi connectivity index (χ1) is 18.4. The molecule has 4 rings (SSSR count). The molecule has 4 aromatic carbocycles. The molecule has 0 aromatic heterocycles. The van der Waals surface area contributed by atoms with Crippen LogP contribution >= 0.6 is 15.9 Å². The number of hydrogen-bond donors (Lipinski definition) is 2. The number of carbonyl (C=O) groups excluding carboxylic acids is 3. The van der Waals surface area contributed by atoms with Crippen LogP contribution < -0.4 is 20.2 Å². The fourth-order valence-electron chi connectivity index (χ4n) is 3.39. The highest BCUT2D eigenvalue weighted by molar-refractivity contribution is 9.10. The highest BCUT2D eigenvalue weighted by Gasteiger charge is 2.15.